The molecule has 1 aromatic carbocycles. The Bertz CT molecular complexity index is 1010. The predicted octanol–water partition coefficient (Wildman–Crippen LogP) is 4.09. The number of aromatic nitrogens is 1. The second kappa shape index (κ2) is 12.9. The SMILES string of the molecule is CN(Cc1cccc(OCCN2CCN(C(=O)CSc3ccccn3)CC2)c1)Cc1cccs1. The second-order valence-electron chi connectivity index (χ2n) is 8.43. The van der Waals surface area contributed by atoms with Gasteiger partial charge in [0.15, 0.2) is 0 Å². The van der Waals surface area contributed by atoms with E-state index in [2.05, 4.69) is 57.5 Å². The molecule has 0 saturated carbocycles. The molecule has 34 heavy (non-hydrogen) atoms. The maximum Gasteiger partial charge on any atom is 0.233 e. The molecule has 3 heterocycles. The average molecular weight is 497 g/mol. The van der Waals surface area contributed by atoms with Gasteiger partial charge >= 0.3 is 0 Å². The number of carbonyl (C=O) groups is 1. The lowest BCUT2D eigenvalue weighted by Gasteiger charge is -2.34. The number of piperazine rings is 1. The molecule has 0 bridgehead atoms. The molecule has 1 aliphatic rings. The Morgan fingerprint density at radius 3 is 2.74 bits per heavy atom. The zero-order valence-electron chi connectivity index (χ0n) is 19.6. The molecule has 4 rings (SSSR count). The quantitative estimate of drug-likeness (QED) is 0.373. The highest BCUT2D eigenvalue weighted by Crippen LogP contribution is 2.18. The maximum atomic E-state index is 12.5. The summed E-state index contributed by atoms with van der Waals surface area (Å²) in [5.41, 5.74) is 1.26. The van der Waals surface area contributed by atoms with E-state index in [1.807, 2.05) is 29.2 Å². The molecule has 0 atom stereocenters. The molecule has 1 amide bonds. The van der Waals surface area contributed by atoms with Crippen molar-refractivity contribution in [3.63, 3.8) is 0 Å². The fourth-order valence-electron chi connectivity index (χ4n) is 3.94. The molecule has 180 valence electrons. The summed E-state index contributed by atoms with van der Waals surface area (Å²) in [4.78, 5) is 24.8. The van der Waals surface area contributed by atoms with Gasteiger partial charge in [0.25, 0.3) is 0 Å². The minimum Gasteiger partial charge on any atom is -0.492 e. The Balaban J connectivity index is 1.13. The average Bonchev–Trinajstić information content (AvgIpc) is 3.37. The number of carbonyl (C=O) groups excluding carboxylic acids is 1. The summed E-state index contributed by atoms with van der Waals surface area (Å²) >= 11 is 3.30. The summed E-state index contributed by atoms with van der Waals surface area (Å²) in [6, 6.07) is 18.4. The van der Waals surface area contributed by atoms with Crippen molar-refractivity contribution in [2.75, 3.05) is 52.1 Å². The van der Waals surface area contributed by atoms with Crippen LogP contribution in [-0.2, 0) is 17.9 Å². The molecule has 8 heteroatoms. The first-order chi connectivity index (χ1) is 16.7. The Labute approximate surface area is 210 Å². The van der Waals surface area contributed by atoms with Crippen LogP contribution in [0.5, 0.6) is 5.75 Å². The van der Waals surface area contributed by atoms with Gasteiger partial charge in [-0.15, -0.1) is 11.3 Å². The van der Waals surface area contributed by atoms with Gasteiger partial charge in [0.2, 0.25) is 5.91 Å². The molecule has 1 saturated heterocycles. The summed E-state index contributed by atoms with van der Waals surface area (Å²) < 4.78 is 6.05. The molecule has 2 aromatic heterocycles. The first-order valence-electron chi connectivity index (χ1n) is 11.6. The van der Waals surface area contributed by atoms with Crippen LogP contribution in [0.4, 0.5) is 0 Å². The minimum atomic E-state index is 0.187. The Kier molecular flexibility index (Phi) is 9.38. The van der Waals surface area contributed by atoms with Crippen LogP contribution in [-0.4, -0.2) is 77.7 Å². The molecule has 0 spiro atoms. The monoisotopic (exact) mass is 496 g/mol. The lowest BCUT2D eigenvalue weighted by atomic mass is 10.2. The van der Waals surface area contributed by atoms with Gasteiger partial charge in [0.1, 0.15) is 12.4 Å². The number of ether oxygens (including phenoxy) is 1. The molecule has 3 aromatic rings. The summed E-state index contributed by atoms with van der Waals surface area (Å²) in [5.74, 6) is 1.55. The van der Waals surface area contributed by atoms with E-state index in [4.69, 9.17) is 4.74 Å². The number of amides is 1. The summed E-state index contributed by atoms with van der Waals surface area (Å²) in [5, 5.41) is 3.02. The van der Waals surface area contributed by atoms with Crippen molar-refractivity contribution in [2.24, 2.45) is 0 Å². The Morgan fingerprint density at radius 1 is 1.09 bits per heavy atom. The predicted molar refractivity (Wildman–Crippen MR) is 139 cm³/mol. The van der Waals surface area contributed by atoms with E-state index < -0.39 is 0 Å². The van der Waals surface area contributed by atoms with Gasteiger partial charge in [-0.1, -0.05) is 36.0 Å². The fraction of sp³-hybridized carbons (Fsp3) is 0.385. The van der Waals surface area contributed by atoms with Gasteiger partial charge in [-0.25, -0.2) is 4.98 Å². The zero-order chi connectivity index (χ0) is 23.6. The summed E-state index contributed by atoms with van der Waals surface area (Å²) in [7, 11) is 2.15. The van der Waals surface area contributed by atoms with Gasteiger partial charge in [-0.05, 0) is 48.3 Å². The number of hydrogen-bond donors (Lipinski definition) is 0. The fourth-order valence-corrected chi connectivity index (χ4v) is 5.49. The number of rotatable bonds is 11. The number of pyridine rings is 1. The summed E-state index contributed by atoms with van der Waals surface area (Å²) in [6.07, 6.45) is 1.76. The van der Waals surface area contributed by atoms with Crippen LogP contribution in [0.25, 0.3) is 0 Å². The van der Waals surface area contributed by atoms with Gasteiger partial charge in [0, 0.05) is 56.9 Å². The standard InChI is InChI=1S/C26H32N4O2S2/c1-28(20-24-8-5-17-33-24)19-22-6-4-7-23(18-22)32-16-15-29-11-13-30(14-12-29)26(31)21-34-25-9-2-3-10-27-25/h2-10,17-18H,11-16,19-21H2,1H3. The first-order valence-corrected chi connectivity index (χ1v) is 13.5. The smallest absolute Gasteiger partial charge is 0.233 e. The molecule has 0 N–H and O–H groups in total. The highest BCUT2D eigenvalue weighted by Gasteiger charge is 2.21. The highest BCUT2D eigenvalue weighted by molar-refractivity contribution is 7.99. The normalized spacial score (nSPS) is 14.5. The van der Waals surface area contributed by atoms with Crippen LogP contribution < -0.4 is 4.74 Å². The number of hydrogen-bond acceptors (Lipinski definition) is 7. The van der Waals surface area contributed by atoms with Crippen molar-refractivity contribution in [2.45, 2.75) is 18.1 Å². The molecule has 1 fully saturated rings. The minimum absolute atomic E-state index is 0.187. The lowest BCUT2D eigenvalue weighted by molar-refractivity contribution is -0.130. The molecular weight excluding hydrogens is 464 g/mol. The highest BCUT2D eigenvalue weighted by atomic mass is 32.2. The molecule has 1 aliphatic heterocycles. The number of benzene rings is 1. The van der Waals surface area contributed by atoms with Gasteiger partial charge < -0.3 is 9.64 Å². The third-order valence-corrected chi connectivity index (χ3v) is 7.53. The van der Waals surface area contributed by atoms with Gasteiger partial charge in [-0.3, -0.25) is 14.6 Å². The van der Waals surface area contributed by atoms with Crippen LogP contribution in [0.1, 0.15) is 10.4 Å². The van der Waals surface area contributed by atoms with Crippen LogP contribution in [0.3, 0.4) is 0 Å². The third kappa shape index (κ3) is 7.84. The van der Waals surface area contributed by atoms with Crippen molar-refractivity contribution in [1.82, 2.24) is 19.7 Å². The largest absolute Gasteiger partial charge is 0.492 e. The first kappa shape index (κ1) is 24.7. The van der Waals surface area contributed by atoms with E-state index >= 15 is 0 Å². The number of thioether (sulfide) groups is 1. The molecule has 0 aliphatic carbocycles. The third-order valence-electron chi connectivity index (χ3n) is 5.74. The van der Waals surface area contributed by atoms with E-state index in [0.717, 1.165) is 56.6 Å². The van der Waals surface area contributed by atoms with E-state index in [1.54, 1.807) is 17.5 Å². The second-order valence-corrected chi connectivity index (χ2v) is 10.5. The maximum absolute atomic E-state index is 12.5. The van der Waals surface area contributed by atoms with E-state index in [-0.39, 0.29) is 5.91 Å². The van der Waals surface area contributed by atoms with Crippen LogP contribution in [0.2, 0.25) is 0 Å². The van der Waals surface area contributed by atoms with Crippen molar-refractivity contribution >= 4 is 29.0 Å². The van der Waals surface area contributed by atoms with Crippen LogP contribution in [0, 0.1) is 0 Å². The van der Waals surface area contributed by atoms with Gasteiger partial charge in [0.05, 0.1) is 10.8 Å². The van der Waals surface area contributed by atoms with Crippen molar-refractivity contribution < 1.29 is 9.53 Å². The summed E-state index contributed by atoms with van der Waals surface area (Å²) in [6.45, 7) is 6.68. The molecular formula is C26H32N4O2S2. The van der Waals surface area contributed by atoms with E-state index in [9.17, 15) is 4.79 Å². The van der Waals surface area contributed by atoms with E-state index in [1.165, 1.54) is 22.2 Å². The van der Waals surface area contributed by atoms with Gasteiger partial charge in [-0.2, -0.15) is 0 Å². The van der Waals surface area contributed by atoms with Crippen molar-refractivity contribution in [3.05, 3.63) is 76.6 Å². The van der Waals surface area contributed by atoms with Crippen LogP contribution in [0.15, 0.2) is 71.2 Å². The molecule has 0 radical (unpaired) electrons. The zero-order valence-corrected chi connectivity index (χ0v) is 21.3. The van der Waals surface area contributed by atoms with Crippen molar-refractivity contribution in [1.29, 1.82) is 0 Å². The topological polar surface area (TPSA) is 48.9 Å². The molecule has 6 nitrogen and oxygen atoms in total. The van der Waals surface area contributed by atoms with E-state index in [0.29, 0.717) is 12.4 Å². The lowest BCUT2D eigenvalue weighted by Crippen LogP contribution is -2.50. The Hall–Kier alpha value is -2.39. The number of thiophene rings is 1. The molecule has 0 unspecified atom stereocenters. The number of nitrogens with zero attached hydrogens (tertiary/aromatic N) is 4. The van der Waals surface area contributed by atoms with Crippen molar-refractivity contribution in [3.8, 4) is 5.75 Å². The van der Waals surface area contributed by atoms with Crippen LogP contribution >= 0.6 is 23.1 Å². The Morgan fingerprint density at radius 2 is 1.97 bits per heavy atom.